The number of carbonyl (C=O) groups excluding carboxylic acids is 2. The molecule has 3 aromatic rings. The van der Waals surface area contributed by atoms with Crippen molar-refractivity contribution in [1.82, 2.24) is 15.2 Å². The van der Waals surface area contributed by atoms with Gasteiger partial charge in [0.15, 0.2) is 21.5 Å². The molecule has 2 N–H and O–H groups in total. The molecule has 1 saturated carbocycles. The molecular formula is C29H35N3O6S. The average molecular weight is 554 g/mol. The fraction of sp³-hybridized carbons (Fsp3) is 0.483. The van der Waals surface area contributed by atoms with Crippen LogP contribution in [0.1, 0.15) is 63.9 Å². The lowest BCUT2D eigenvalue weighted by Gasteiger charge is -2.31. The number of aliphatic hydroxyl groups is 1. The zero-order valence-corrected chi connectivity index (χ0v) is 22.8. The second-order valence-electron chi connectivity index (χ2n) is 10.5. The number of likely N-dealkylation sites (tertiary alicyclic amines) is 1. The topological polar surface area (TPSA) is 130 Å². The highest BCUT2D eigenvalue weighted by atomic mass is 32.2. The number of hydrogen-bond acceptors (Lipinski definition) is 7. The summed E-state index contributed by atoms with van der Waals surface area (Å²) in [4.78, 5) is 33.3. The minimum atomic E-state index is -3.76. The molecule has 39 heavy (non-hydrogen) atoms. The quantitative estimate of drug-likeness (QED) is 0.434. The Hall–Kier alpha value is -3.24. The van der Waals surface area contributed by atoms with Crippen molar-refractivity contribution in [2.45, 2.75) is 80.2 Å². The van der Waals surface area contributed by atoms with Crippen molar-refractivity contribution < 1.29 is 27.5 Å². The first-order valence-corrected chi connectivity index (χ1v) is 15.3. The van der Waals surface area contributed by atoms with Crippen molar-refractivity contribution in [2.24, 2.45) is 5.92 Å². The molecule has 1 aliphatic carbocycles. The van der Waals surface area contributed by atoms with E-state index < -0.39 is 39.2 Å². The van der Waals surface area contributed by atoms with Gasteiger partial charge in [-0.05, 0) is 49.9 Å². The molecule has 1 aliphatic heterocycles. The average Bonchev–Trinajstić information content (AvgIpc) is 3.62. The second-order valence-corrected chi connectivity index (χ2v) is 12.8. The molecular weight excluding hydrogens is 518 g/mol. The third kappa shape index (κ3) is 5.58. The Morgan fingerprint density at radius 1 is 1.08 bits per heavy atom. The van der Waals surface area contributed by atoms with Gasteiger partial charge in [-0.15, -0.1) is 0 Å². The van der Waals surface area contributed by atoms with Gasteiger partial charge in [0.25, 0.3) is 0 Å². The van der Waals surface area contributed by atoms with E-state index in [1.54, 1.807) is 48.5 Å². The summed E-state index contributed by atoms with van der Waals surface area (Å²) in [5.41, 5.74) is 1.13. The standard InChI is InChI=1S/C29H35N3O6S/c1-2-22(26(33)28-31-23-15-9-10-16-25(23)38-28)30-27(34)24-17-21(39(36,37)20-13-7-4-8-14-20)18-32(24)29(35)19-11-5-3-6-12-19/h4,7-10,13-16,19,21-22,24,26,33H,2-3,5-6,11-12,17-18H2,1H3,(H,30,34)/t21-,22?,24+,26?/m1/s1. The van der Waals surface area contributed by atoms with Gasteiger partial charge in [0.1, 0.15) is 11.6 Å². The summed E-state index contributed by atoms with van der Waals surface area (Å²) in [7, 11) is -3.76. The van der Waals surface area contributed by atoms with E-state index in [2.05, 4.69) is 10.3 Å². The van der Waals surface area contributed by atoms with Gasteiger partial charge in [-0.25, -0.2) is 13.4 Å². The monoisotopic (exact) mass is 553 g/mol. The Labute approximate surface area is 228 Å². The number of aromatic nitrogens is 1. The molecule has 2 aliphatic rings. The summed E-state index contributed by atoms with van der Waals surface area (Å²) in [6, 6.07) is 13.6. The summed E-state index contributed by atoms with van der Waals surface area (Å²) in [5.74, 6) is -0.755. The van der Waals surface area contributed by atoms with Gasteiger partial charge < -0.3 is 19.7 Å². The van der Waals surface area contributed by atoms with E-state index in [-0.39, 0.29) is 35.6 Å². The van der Waals surface area contributed by atoms with Crippen LogP contribution in [0.4, 0.5) is 0 Å². The minimum absolute atomic E-state index is 0.00304. The molecule has 2 fully saturated rings. The maximum Gasteiger partial charge on any atom is 0.243 e. The molecule has 10 heteroatoms. The highest BCUT2D eigenvalue weighted by Gasteiger charge is 2.47. The molecule has 5 rings (SSSR count). The lowest BCUT2D eigenvalue weighted by atomic mass is 9.88. The highest BCUT2D eigenvalue weighted by molar-refractivity contribution is 7.92. The van der Waals surface area contributed by atoms with Gasteiger partial charge >= 0.3 is 0 Å². The number of hydrogen-bond donors (Lipinski definition) is 2. The van der Waals surface area contributed by atoms with E-state index in [1.165, 1.54) is 4.90 Å². The number of sulfone groups is 1. The minimum Gasteiger partial charge on any atom is -0.438 e. The number of oxazole rings is 1. The zero-order chi connectivity index (χ0) is 27.6. The Kier molecular flexibility index (Phi) is 8.04. The van der Waals surface area contributed by atoms with Crippen molar-refractivity contribution >= 4 is 32.8 Å². The number of nitrogens with zero attached hydrogens (tertiary/aromatic N) is 2. The van der Waals surface area contributed by atoms with Crippen LogP contribution in [0.2, 0.25) is 0 Å². The molecule has 2 amide bonds. The van der Waals surface area contributed by atoms with Crippen LogP contribution in [-0.2, 0) is 19.4 Å². The molecule has 9 nitrogen and oxygen atoms in total. The van der Waals surface area contributed by atoms with Crippen LogP contribution < -0.4 is 5.32 Å². The largest absolute Gasteiger partial charge is 0.438 e. The fourth-order valence-corrected chi connectivity index (χ4v) is 7.49. The zero-order valence-electron chi connectivity index (χ0n) is 22.0. The van der Waals surface area contributed by atoms with E-state index >= 15 is 0 Å². The van der Waals surface area contributed by atoms with Crippen LogP contribution in [0.15, 0.2) is 63.9 Å². The van der Waals surface area contributed by atoms with Crippen LogP contribution in [0.25, 0.3) is 11.1 Å². The molecule has 2 heterocycles. The molecule has 0 radical (unpaired) electrons. The molecule has 2 aromatic carbocycles. The Morgan fingerprint density at radius 3 is 2.46 bits per heavy atom. The molecule has 1 saturated heterocycles. The van der Waals surface area contributed by atoms with E-state index in [4.69, 9.17) is 4.42 Å². The van der Waals surface area contributed by atoms with Crippen molar-refractivity contribution in [3.63, 3.8) is 0 Å². The first-order valence-electron chi connectivity index (χ1n) is 13.7. The first kappa shape index (κ1) is 27.3. The third-order valence-electron chi connectivity index (χ3n) is 8.03. The number of aliphatic hydroxyl groups excluding tert-OH is 1. The van der Waals surface area contributed by atoms with Gasteiger partial charge in [0, 0.05) is 12.5 Å². The summed E-state index contributed by atoms with van der Waals surface area (Å²) in [5, 5.41) is 13.0. The first-order chi connectivity index (χ1) is 18.8. The van der Waals surface area contributed by atoms with Gasteiger partial charge in [0.2, 0.25) is 17.7 Å². The Bertz CT molecular complexity index is 1380. The summed E-state index contributed by atoms with van der Waals surface area (Å²) in [6.45, 7) is 1.79. The summed E-state index contributed by atoms with van der Waals surface area (Å²) in [6.07, 6.45) is 3.62. The summed E-state index contributed by atoms with van der Waals surface area (Å²) >= 11 is 0. The van der Waals surface area contributed by atoms with E-state index in [0.717, 1.165) is 32.1 Å². The SMILES string of the molecule is CCC(NC(=O)[C@@H]1C[C@@H](S(=O)(=O)c2ccccc2)CN1C(=O)C1CCCCC1)C(O)c1nc2ccccc2o1. The summed E-state index contributed by atoms with van der Waals surface area (Å²) < 4.78 is 32.7. The maximum absolute atomic E-state index is 13.7. The molecule has 1 aromatic heterocycles. The van der Waals surface area contributed by atoms with Crippen molar-refractivity contribution in [3.05, 3.63) is 60.5 Å². The smallest absolute Gasteiger partial charge is 0.243 e. The van der Waals surface area contributed by atoms with Crippen LogP contribution in [0, 0.1) is 5.92 Å². The molecule has 0 spiro atoms. The number of amides is 2. The number of fused-ring (bicyclic) bond motifs is 1. The Balaban J connectivity index is 1.38. The highest BCUT2D eigenvalue weighted by Crippen LogP contribution is 2.33. The lowest BCUT2D eigenvalue weighted by Crippen LogP contribution is -2.51. The number of benzene rings is 2. The van der Waals surface area contributed by atoms with Crippen molar-refractivity contribution in [2.75, 3.05) is 6.54 Å². The van der Waals surface area contributed by atoms with Crippen LogP contribution in [-0.4, -0.2) is 59.1 Å². The van der Waals surface area contributed by atoms with Gasteiger partial charge in [-0.3, -0.25) is 9.59 Å². The number of carbonyl (C=O) groups is 2. The van der Waals surface area contributed by atoms with E-state index in [1.807, 2.05) is 13.0 Å². The van der Waals surface area contributed by atoms with Crippen LogP contribution in [0.3, 0.4) is 0 Å². The van der Waals surface area contributed by atoms with Gasteiger partial charge in [-0.2, -0.15) is 0 Å². The van der Waals surface area contributed by atoms with Gasteiger partial charge in [0.05, 0.1) is 16.2 Å². The van der Waals surface area contributed by atoms with Gasteiger partial charge in [-0.1, -0.05) is 56.5 Å². The number of nitrogens with one attached hydrogen (secondary N) is 1. The second kappa shape index (κ2) is 11.5. The molecule has 208 valence electrons. The normalized spacial score (nSPS) is 22.1. The van der Waals surface area contributed by atoms with Crippen LogP contribution >= 0.6 is 0 Å². The predicted octanol–water partition coefficient (Wildman–Crippen LogP) is 3.78. The Morgan fingerprint density at radius 2 is 1.77 bits per heavy atom. The number of rotatable bonds is 8. The third-order valence-corrected chi connectivity index (χ3v) is 10.2. The van der Waals surface area contributed by atoms with E-state index in [9.17, 15) is 23.1 Å². The maximum atomic E-state index is 13.7. The number of para-hydroxylation sites is 2. The van der Waals surface area contributed by atoms with Crippen molar-refractivity contribution in [1.29, 1.82) is 0 Å². The molecule has 2 unspecified atom stereocenters. The molecule has 0 bridgehead atoms. The van der Waals surface area contributed by atoms with Crippen molar-refractivity contribution in [3.8, 4) is 0 Å². The van der Waals surface area contributed by atoms with Crippen LogP contribution in [0.5, 0.6) is 0 Å². The lowest BCUT2D eigenvalue weighted by molar-refractivity contribution is -0.142. The fourth-order valence-electron chi connectivity index (χ4n) is 5.77. The van der Waals surface area contributed by atoms with E-state index in [0.29, 0.717) is 17.5 Å². The molecule has 4 atom stereocenters. The predicted molar refractivity (Wildman–Crippen MR) is 145 cm³/mol.